The molecule has 0 amide bonds. The maximum absolute atomic E-state index is 14.1. The smallest absolute Gasteiger partial charge is 0.128 e. The molecule has 0 saturated carbocycles. The number of ether oxygens (including phenoxy) is 2. The molecule has 0 heterocycles. The van der Waals surface area contributed by atoms with E-state index < -0.39 is 6.04 Å². The predicted molar refractivity (Wildman–Crippen MR) is 79.8 cm³/mol. The van der Waals surface area contributed by atoms with Gasteiger partial charge in [0.2, 0.25) is 0 Å². The molecule has 0 spiro atoms. The number of hydrazine groups is 1. The zero-order chi connectivity index (χ0) is 15.4. The normalized spacial score (nSPS) is 12.0. The minimum absolute atomic E-state index is 0.318. The molecule has 4 nitrogen and oxygen atoms in total. The van der Waals surface area contributed by atoms with Crippen LogP contribution in [0.3, 0.4) is 0 Å². The Balaban J connectivity index is 2.53. The first-order valence-electron chi connectivity index (χ1n) is 6.54. The van der Waals surface area contributed by atoms with Gasteiger partial charge in [-0.05, 0) is 25.1 Å². The lowest BCUT2D eigenvalue weighted by Gasteiger charge is -2.21. The molecule has 0 fully saturated rings. The van der Waals surface area contributed by atoms with E-state index in [2.05, 4.69) is 5.43 Å². The Hall–Kier alpha value is -2.11. The average molecular weight is 290 g/mol. The summed E-state index contributed by atoms with van der Waals surface area (Å²) in [5, 5.41) is 0. The van der Waals surface area contributed by atoms with Crippen LogP contribution in [0.2, 0.25) is 0 Å². The summed E-state index contributed by atoms with van der Waals surface area (Å²) in [6.45, 7) is 1.90. The third-order valence-corrected chi connectivity index (χ3v) is 3.38. The number of methoxy groups -OCH3 is 2. The number of nitrogens with two attached hydrogens (primary N) is 1. The van der Waals surface area contributed by atoms with Crippen molar-refractivity contribution < 1.29 is 13.9 Å². The van der Waals surface area contributed by atoms with Crippen LogP contribution in [0.25, 0.3) is 0 Å². The van der Waals surface area contributed by atoms with Crippen molar-refractivity contribution in [2.45, 2.75) is 13.0 Å². The first kappa shape index (κ1) is 15.3. The predicted octanol–water partition coefficient (Wildman–Crippen LogP) is 2.70. The van der Waals surface area contributed by atoms with E-state index in [-0.39, 0.29) is 5.82 Å². The molecule has 2 rings (SSSR count). The summed E-state index contributed by atoms with van der Waals surface area (Å²) in [6.07, 6.45) is 0. The topological polar surface area (TPSA) is 56.5 Å². The van der Waals surface area contributed by atoms with Crippen LogP contribution in [-0.4, -0.2) is 14.2 Å². The molecule has 1 atom stereocenters. The Bertz CT molecular complexity index is 632. The fourth-order valence-corrected chi connectivity index (χ4v) is 2.29. The van der Waals surface area contributed by atoms with Crippen molar-refractivity contribution in [3.63, 3.8) is 0 Å². The SMILES string of the molecule is COc1ccc(C(NN)c2cc(C)ccc2F)c(OC)c1. The number of halogens is 1. The molecular formula is C16H19FN2O2. The van der Waals surface area contributed by atoms with E-state index in [4.69, 9.17) is 15.3 Å². The van der Waals surface area contributed by atoms with E-state index in [9.17, 15) is 4.39 Å². The Morgan fingerprint density at radius 3 is 2.43 bits per heavy atom. The van der Waals surface area contributed by atoms with Gasteiger partial charge in [0.25, 0.3) is 0 Å². The fraction of sp³-hybridized carbons (Fsp3) is 0.250. The second kappa shape index (κ2) is 6.56. The molecule has 21 heavy (non-hydrogen) atoms. The molecule has 0 aliphatic heterocycles. The third kappa shape index (κ3) is 3.15. The van der Waals surface area contributed by atoms with Gasteiger partial charge in [0.1, 0.15) is 17.3 Å². The highest BCUT2D eigenvalue weighted by atomic mass is 19.1. The van der Waals surface area contributed by atoms with Crippen LogP contribution in [0.1, 0.15) is 22.7 Å². The van der Waals surface area contributed by atoms with Crippen molar-refractivity contribution in [2.75, 3.05) is 14.2 Å². The maximum atomic E-state index is 14.1. The van der Waals surface area contributed by atoms with Crippen molar-refractivity contribution in [3.8, 4) is 11.5 Å². The van der Waals surface area contributed by atoms with Gasteiger partial charge in [-0.25, -0.2) is 9.82 Å². The van der Waals surface area contributed by atoms with Gasteiger partial charge >= 0.3 is 0 Å². The molecular weight excluding hydrogens is 271 g/mol. The molecule has 5 heteroatoms. The highest BCUT2D eigenvalue weighted by Gasteiger charge is 2.21. The number of rotatable bonds is 5. The van der Waals surface area contributed by atoms with Gasteiger partial charge in [-0.2, -0.15) is 0 Å². The molecule has 0 aromatic heterocycles. The summed E-state index contributed by atoms with van der Waals surface area (Å²) in [4.78, 5) is 0. The van der Waals surface area contributed by atoms with Crippen LogP contribution in [-0.2, 0) is 0 Å². The lowest BCUT2D eigenvalue weighted by Crippen LogP contribution is -2.30. The van der Waals surface area contributed by atoms with Crippen molar-refractivity contribution in [1.82, 2.24) is 5.43 Å². The maximum Gasteiger partial charge on any atom is 0.128 e. The molecule has 0 bridgehead atoms. The number of benzene rings is 2. The van der Waals surface area contributed by atoms with Gasteiger partial charge in [0, 0.05) is 17.2 Å². The largest absolute Gasteiger partial charge is 0.497 e. The quantitative estimate of drug-likeness (QED) is 0.656. The first-order valence-corrected chi connectivity index (χ1v) is 6.54. The van der Waals surface area contributed by atoms with Gasteiger partial charge in [-0.15, -0.1) is 0 Å². The highest BCUT2D eigenvalue weighted by Crippen LogP contribution is 2.33. The summed E-state index contributed by atoms with van der Waals surface area (Å²) in [6, 6.07) is 9.75. The summed E-state index contributed by atoms with van der Waals surface area (Å²) in [5.41, 5.74) is 4.83. The molecule has 0 saturated heterocycles. The van der Waals surface area contributed by atoms with Crippen LogP contribution >= 0.6 is 0 Å². The average Bonchev–Trinajstić information content (AvgIpc) is 2.51. The van der Waals surface area contributed by atoms with Crippen molar-refractivity contribution in [3.05, 3.63) is 58.9 Å². The molecule has 1 unspecified atom stereocenters. The zero-order valence-corrected chi connectivity index (χ0v) is 12.3. The van der Waals surface area contributed by atoms with Crippen molar-refractivity contribution >= 4 is 0 Å². The van der Waals surface area contributed by atoms with E-state index in [1.807, 2.05) is 13.0 Å². The first-order chi connectivity index (χ1) is 10.1. The van der Waals surface area contributed by atoms with Crippen LogP contribution < -0.4 is 20.7 Å². The Morgan fingerprint density at radius 2 is 1.81 bits per heavy atom. The van der Waals surface area contributed by atoms with Crippen molar-refractivity contribution in [1.29, 1.82) is 0 Å². The molecule has 0 radical (unpaired) electrons. The van der Waals surface area contributed by atoms with E-state index in [0.717, 1.165) is 11.1 Å². The fourth-order valence-electron chi connectivity index (χ4n) is 2.29. The minimum Gasteiger partial charge on any atom is -0.497 e. The van der Waals surface area contributed by atoms with Gasteiger partial charge in [-0.1, -0.05) is 17.7 Å². The summed E-state index contributed by atoms with van der Waals surface area (Å²) < 4.78 is 24.6. The molecule has 3 N–H and O–H groups in total. The highest BCUT2D eigenvalue weighted by molar-refractivity contribution is 5.46. The monoisotopic (exact) mass is 290 g/mol. The van der Waals surface area contributed by atoms with E-state index >= 15 is 0 Å². The van der Waals surface area contributed by atoms with E-state index in [0.29, 0.717) is 17.1 Å². The number of nitrogens with one attached hydrogen (secondary N) is 1. The Labute approximate surface area is 123 Å². The van der Waals surface area contributed by atoms with Crippen LogP contribution in [0.4, 0.5) is 4.39 Å². The zero-order valence-electron chi connectivity index (χ0n) is 12.3. The van der Waals surface area contributed by atoms with Gasteiger partial charge < -0.3 is 9.47 Å². The number of hydrogen-bond donors (Lipinski definition) is 2. The van der Waals surface area contributed by atoms with Gasteiger partial charge in [0.15, 0.2) is 0 Å². The van der Waals surface area contributed by atoms with Crippen LogP contribution in [0.15, 0.2) is 36.4 Å². The number of hydrogen-bond acceptors (Lipinski definition) is 4. The van der Waals surface area contributed by atoms with Crippen molar-refractivity contribution in [2.24, 2.45) is 5.84 Å². The lowest BCUT2D eigenvalue weighted by molar-refractivity contribution is 0.387. The molecule has 112 valence electrons. The summed E-state index contributed by atoms with van der Waals surface area (Å²) >= 11 is 0. The van der Waals surface area contributed by atoms with E-state index in [1.165, 1.54) is 6.07 Å². The summed E-state index contributed by atoms with van der Waals surface area (Å²) in [7, 11) is 3.13. The second-order valence-electron chi connectivity index (χ2n) is 4.73. The van der Waals surface area contributed by atoms with Crippen LogP contribution in [0, 0.1) is 12.7 Å². The lowest BCUT2D eigenvalue weighted by atomic mass is 9.96. The summed E-state index contributed by atoms with van der Waals surface area (Å²) in [5.74, 6) is 6.57. The molecule has 2 aromatic carbocycles. The third-order valence-electron chi connectivity index (χ3n) is 3.38. The molecule has 0 aliphatic rings. The Morgan fingerprint density at radius 1 is 1.05 bits per heavy atom. The standard InChI is InChI=1S/C16H19FN2O2/c1-10-4-7-14(17)13(8-10)16(19-18)12-6-5-11(20-2)9-15(12)21-3/h4-9,16,19H,18H2,1-3H3. The minimum atomic E-state index is -0.509. The molecule has 0 aliphatic carbocycles. The number of aryl methyl sites for hydroxylation is 1. The molecule has 2 aromatic rings. The van der Waals surface area contributed by atoms with E-state index in [1.54, 1.807) is 38.5 Å². The van der Waals surface area contributed by atoms with Gasteiger partial charge in [-0.3, -0.25) is 5.84 Å². The second-order valence-corrected chi connectivity index (χ2v) is 4.73. The van der Waals surface area contributed by atoms with Crippen LogP contribution in [0.5, 0.6) is 11.5 Å². The Kier molecular flexibility index (Phi) is 4.77. The van der Waals surface area contributed by atoms with Gasteiger partial charge in [0.05, 0.1) is 20.3 Å².